The standard InChI is InChI=1S/C18H17N5/c1-8-23(9-1)18-16-14(12-2-3-12)10-20-11-15(16)21-17(22-18)13-4-6-19-7-5-13/h4-7,10-12H,1-3,8-9H2. The van der Waals surface area contributed by atoms with Crippen LogP contribution in [0.3, 0.4) is 0 Å². The van der Waals surface area contributed by atoms with Crippen molar-refractivity contribution in [2.75, 3.05) is 18.0 Å². The van der Waals surface area contributed by atoms with E-state index < -0.39 is 0 Å². The molecule has 0 N–H and O–H groups in total. The maximum absolute atomic E-state index is 4.92. The largest absolute Gasteiger partial charge is 0.356 e. The lowest BCUT2D eigenvalue weighted by Crippen LogP contribution is -2.38. The minimum atomic E-state index is 0.640. The number of aromatic nitrogens is 4. The van der Waals surface area contributed by atoms with Crippen LogP contribution in [0.1, 0.15) is 30.7 Å². The van der Waals surface area contributed by atoms with Crippen molar-refractivity contribution in [2.45, 2.75) is 25.2 Å². The molecule has 0 aromatic carbocycles. The van der Waals surface area contributed by atoms with Gasteiger partial charge in [0.05, 0.1) is 11.7 Å². The van der Waals surface area contributed by atoms with Crippen LogP contribution in [0.15, 0.2) is 36.9 Å². The predicted octanol–water partition coefficient (Wildman–Crippen LogP) is 3.17. The zero-order chi connectivity index (χ0) is 15.2. The van der Waals surface area contributed by atoms with E-state index in [9.17, 15) is 0 Å². The van der Waals surface area contributed by atoms with Crippen LogP contribution in [0.5, 0.6) is 0 Å². The summed E-state index contributed by atoms with van der Waals surface area (Å²) < 4.78 is 0. The minimum absolute atomic E-state index is 0.640. The fourth-order valence-corrected chi connectivity index (χ4v) is 3.18. The Bertz CT molecular complexity index is 869. The second-order valence-electron chi connectivity index (χ2n) is 6.34. The number of pyridine rings is 2. The zero-order valence-corrected chi connectivity index (χ0v) is 12.8. The van der Waals surface area contributed by atoms with Gasteiger partial charge in [-0.25, -0.2) is 9.97 Å². The van der Waals surface area contributed by atoms with Gasteiger partial charge in [-0.1, -0.05) is 0 Å². The van der Waals surface area contributed by atoms with Crippen molar-refractivity contribution in [3.8, 4) is 11.4 Å². The highest BCUT2D eigenvalue weighted by Gasteiger charge is 2.29. The van der Waals surface area contributed by atoms with Gasteiger partial charge in [-0.3, -0.25) is 9.97 Å². The van der Waals surface area contributed by atoms with Crippen molar-refractivity contribution in [3.63, 3.8) is 0 Å². The van der Waals surface area contributed by atoms with Gasteiger partial charge in [0, 0.05) is 42.6 Å². The van der Waals surface area contributed by atoms with Gasteiger partial charge in [-0.2, -0.15) is 0 Å². The number of fused-ring (bicyclic) bond motifs is 1. The zero-order valence-electron chi connectivity index (χ0n) is 12.8. The Kier molecular flexibility index (Phi) is 2.80. The predicted molar refractivity (Wildman–Crippen MR) is 89.4 cm³/mol. The molecule has 1 saturated carbocycles. The van der Waals surface area contributed by atoms with E-state index in [4.69, 9.17) is 9.97 Å². The van der Waals surface area contributed by atoms with E-state index in [-0.39, 0.29) is 0 Å². The van der Waals surface area contributed by atoms with Crippen molar-refractivity contribution in [1.82, 2.24) is 19.9 Å². The van der Waals surface area contributed by atoms with Gasteiger partial charge in [-0.15, -0.1) is 0 Å². The fraction of sp³-hybridized carbons (Fsp3) is 0.333. The Morgan fingerprint density at radius 1 is 0.957 bits per heavy atom. The van der Waals surface area contributed by atoms with Gasteiger partial charge >= 0.3 is 0 Å². The lowest BCUT2D eigenvalue weighted by atomic mass is 10.1. The van der Waals surface area contributed by atoms with Gasteiger partial charge in [0.1, 0.15) is 5.82 Å². The summed E-state index contributed by atoms with van der Waals surface area (Å²) in [5, 5.41) is 1.21. The lowest BCUT2D eigenvalue weighted by Gasteiger charge is -2.33. The molecule has 2 fully saturated rings. The van der Waals surface area contributed by atoms with Gasteiger partial charge in [0.15, 0.2) is 5.82 Å². The van der Waals surface area contributed by atoms with Crippen LogP contribution < -0.4 is 4.90 Å². The van der Waals surface area contributed by atoms with Crippen LogP contribution in [0.25, 0.3) is 22.3 Å². The molecule has 0 spiro atoms. The summed E-state index contributed by atoms with van der Waals surface area (Å²) in [6.07, 6.45) is 11.2. The minimum Gasteiger partial charge on any atom is -0.356 e. The van der Waals surface area contributed by atoms with Crippen LogP contribution in [-0.2, 0) is 0 Å². The van der Waals surface area contributed by atoms with Gasteiger partial charge in [0.2, 0.25) is 0 Å². The maximum atomic E-state index is 4.92. The maximum Gasteiger partial charge on any atom is 0.162 e. The van der Waals surface area contributed by atoms with E-state index in [0.29, 0.717) is 5.92 Å². The van der Waals surface area contributed by atoms with Crippen LogP contribution in [0.4, 0.5) is 5.82 Å². The van der Waals surface area contributed by atoms with Crippen molar-refractivity contribution in [3.05, 3.63) is 42.5 Å². The molecule has 1 aliphatic carbocycles. The van der Waals surface area contributed by atoms with E-state index in [1.807, 2.05) is 24.5 Å². The lowest BCUT2D eigenvalue weighted by molar-refractivity contribution is 0.612. The highest BCUT2D eigenvalue weighted by molar-refractivity contribution is 5.94. The molecule has 3 aromatic rings. The molecule has 1 saturated heterocycles. The molecule has 0 atom stereocenters. The molecule has 0 unspecified atom stereocenters. The third-order valence-corrected chi connectivity index (χ3v) is 4.73. The van der Waals surface area contributed by atoms with Crippen molar-refractivity contribution in [2.24, 2.45) is 0 Å². The summed E-state index contributed by atoms with van der Waals surface area (Å²) in [7, 11) is 0. The molecule has 5 nitrogen and oxygen atoms in total. The number of anilines is 1. The van der Waals surface area contributed by atoms with Crippen molar-refractivity contribution < 1.29 is 0 Å². The summed E-state index contributed by atoms with van der Waals surface area (Å²) in [5.41, 5.74) is 3.28. The second kappa shape index (κ2) is 4.98. The Morgan fingerprint density at radius 2 is 1.78 bits per heavy atom. The first kappa shape index (κ1) is 12.9. The summed E-state index contributed by atoms with van der Waals surface area (Å²) in [6, 6.07) is 3.92. The third kappa shape index (κ3) is 2.15. The normalized spacial score (nSPS) is 17.3. The van der Waals surface area contributed by atoms with Gasteiger partial charge in [-0.05, 0) is 42.9 Å². The molecule has 2 aliphatic rings. The van der Waals surface area contributed by atoms with E-state index >= 15 is 0 Å². The van der Waals surface area contributed by atoms with Crippen LogP contribution in [-0.4, -0.2) is 33.0 Å². The highest BCUT2D eigenvalue weighted by atomic mass is 15.2. The van der Waals surface area contributed by atoms with E-state index in [1.54, 1.807) is 12.4 Å². The first-order valence-corrected chi connectivity index (χ1v) is 8.21. The Balaban J connectivity index is 1.77. The summed E-state index contributed by atoms with van der Waals surface area (Å²) >= 11 is 0. The molecule has 0 radical (unpaired) electrons. The molecule has 114 valence electrons. The fourth-order valence-electron chi connectivity index (χ4n) is 3.18. The summed E-state index contributed by atoms with van der Waals surface area (Å²) in [4.78, 5) is 20.6. The molecule has 3 aromatic heterocycles. The number of hydrogen-bond donors (Lipinski definition) is 0. The topological polar surface area (TPSA) is 54.8 Å². The summed E-state index contributed by atoms with van der Waals surface area (Å²) in [5.74, 6) is 2.48. The molecule has 23 heavy (non-hydrogen) atoms. The van der Waals surface area contributed by atoms with Gasteiger partial charge < -0.3 is 4.90 Å². The van der Waals surface area contributed by atoms with Crippen LogP contribution >= 0.6 is 0 Å². The number of nitrogens with zero attached hydrogens (tertiary/aromatic N) is 5. The molecule has 4 heterocycles. The van der Waals surface area contributed by atoms with E-state index in [2.05, 4.69) is 14.9 Å². The van der Waals surface area contributed by atoms with E-state index in [0.717, 1.165) is 35.8 Å². The Labute approximate surface area is 134 Å². The molecule has 0 amide bonds. The van der Waals surface area contributed by atoms with Crippen molar-refractivity contribution >= 4 is 16.7 Å². The third-order valence-electron chi connectivity index (χ3n) is 4.73. The Hall–Kier alpha value is -2.56. The molecule has 1 aliphatic heterocycles. The first-order valence-electron chi connectivity index (χ1n) is 8.21. The van der Waals surface area contributed by atoms with Crippen LogP contribution in [0, 0.1) is 0 Å². The first-order chi connectivity index (χ1) is 11.4. The van der Waals surface area contributed by atoms with Gasteiger partial charge in [0.25, 0.3) is 0 Å². The average Bonchev–Trinajstić information content (AvgIpc) is 3.38. The monoisotopic (exact) mass is 303 g/mol. The average molecular weight is 303 g/mol. The van der Waals surface area contributed by atoms with Crippen LogP contribution in [0.2, 0.25) is 0 Å². The van der Waals surface area contributed by atoms with E-state index in [1.165, 1.54) is 30.2 Å². The molecular formula is C18H17N5. The molecule has 5 heteroatoms. The quantitative estimate of drug-likeness (QED) is 0.744. The number of rotatable bonds is 3. The smallest absolute Gasteiger partial charge is 0.162 e. The highest BCUT2D eigenvalue weighted by Crippen LogP contribution is 2.45. The molecule has 0 bridgehead atoms. The number of hydrogen-bond acceptors (Lipinski definition) is 5. The Morgan fingerprint density at radius 3 is 2.48 bits per heavy atom. The molecule has 5 rings (SSSR count). The van der Waals surface area contributed by atoms with Crippen molar-refractivity contribution in [1.29, 1.82) is 0 Å². The summed E-state index contributed by atoms with van der Waals surface area (Å²) in [6.45, 7) is 2.16. The second-order valence-corrected chi connectivity index (χ2v) is 6.34. The SMILES string of the molecule is c1cc(-c2nc(N3CCC3)c3c(C4CC4)cncc3n2)ccn1. The molecular weight excluding hydrogens is 286 g/mol.